The Hall–Kier alpha value is -0.830. The smallest absolute Gasteiger partial charge is 0.192 e. The van der Waals surface area contributed by atoms with Gasteiger partial charge in [-0.2, -0.15) is 0 Å². The van der Waals surface area contributed by atoms with Crippen molar-refractivity contribution in [1.82, 2.24) is 4.98 Å². The van der Waals surface area contributed by atoms with Crippen LogP contribution in [0.3, 0.4) is 0 Å². The summed E-state index contributed by atoms with van der Waals surface area (Å²) in [5, 5.41) is 0. The maximum absolute atomic E-state index is 5.42. The zero-order valence-corrected chi connectivity index (χ0v) is 7.58. The molecule has 0 aliphatic carbocycles. The molecule has 0 aromatic carbocycles. The number of thiophene rings is 1. The summed E-state index contributed by atoms with van der Waals surface area (Å²) in [5.74, 6) is 0.758. The second-order valence-corrected chi connectivity index (χ2v) is 4.05. The Balaban J connectivity index is 2.92. The molecule has 0 amide bonds. The van der Waals surface area contributed by atoms with Gasteiger partial charge in [-0.25, -0.2) is 4.98 Å². The van der Waals surface area contributed by atoms with Gasteiger partial charge in [0.1, 0.15) is 5.52 Å². The highest BCUT2D eigenvalue weighted by Crippen LogP contribution is 2.29. The number of hydrogen-bond acceptors (Lipinski definition) is 3. The van der Waals surface area contributed by atoms with Crippen LogP contribution >= 0.6 is 11.3 Å². The predicted molar refractivity (Wildman–Crippen MR) is 46.1 cm³/mol. The van der Waals surface area contributed by atoms with E-state index in [9.17, 15) is 0 Å². The average molecular weight is 167 g/mol. The molecule has 0 N–H and O–H groups in total. The topological polar surface area (TPSA) is 26.0 Å². The molecule has 0 saturated carbocycles. The van der Waals surface area contributed by atoms with E-state index in [4.69, 9.17) is 4.42 Å². The molecule has 0 bridgehead atoms. The highest BCUT2D eigenvalue weighted by molar-refractivity contribution is 7.13. The van der Waals surface area contributed by atoms with Crippen molar-refractivity contribution < 1.29 is 4.42 Å². The highest BCUT2D eigenvalue weighted by Gasteiger charge is 2.10. The number of nitrogens with zero attached hydrogens (tertiary/aromatic N) is 1. The van der Waals surface area contributed by atoms with Gasteiger partial charge in [0, 0.05) is 16.7 Å². The van der Waals surface area contributed by atoms with Crippen molar-refractivity contribution in [1.29, 1.82) is 0 Å². The summed E-state index contributed by atoms with van der Waals surface area (Å²) < 4.78 is 5.42. The van der Waals surface area contributed by atoms with Crippen molar-refractivity contribution >= 4 is 22.4 Å². The largest absolute Gasteiger partial charge is 0.440 e. The summed E-state index contributed by atoms with van der Waals surface area (Å²) in [6, 6.07) is 0. The van der Waals surface area contributed by atoms with Gasteiger partial charge in [-0.15, -0.1) is 11.3 Å². The van der Waals surface area contributed by atoms with E-state index >= 15 is 0 Å². The Labute approximate surface area is 68.9 Å². The third kappa shape index (κ3) is 0.878. The van der Waals surface area contributed by atoms with E-state index in [2.05, 4.69) is 18.8 Å². The van der Waals surface area contributed by atoms with Crippen molar-refractivity contribution in [3.63, 3.8) is 0 Å². The maximum Gasteiger partial charge on any atom is 0.192 e. The SMILES string of the molecule is Cc1nc2c(C)sc(C)c2o1. The van der Waals surface area contributed by atoms with E-state index in [1.165, 1.54) is 9.75 Å². The minimum Gasteiger partial charge on any atom is -0.440 e. The molecule has 0 aliphatic heterocycles. The van der Waals surface area contributed by atoms with Gasteiger partial charge in [0.25, 0.3) is 0 Å². The lowest BCUT2D eigenvalue weighted by Gasteiger charge is -1.79. The van der Waals surface area contributed by atoms with E-state index in [1.807, 2.05) is 6.92 Å². The highest BCUT2D eigenvalue weighted by atomic mass is 32.1. The number of oxazole rings is 1. The minimum absolute atomic E-state index is 0.758. The molecule has 2 aromatic rings. The Bertz CT molecular complexity index is 365. The summed E-state index contributed by atoms with van der Waals surface area (Å²) in [4.78, 5) is 6.74. The predicted octanol–water partition coefficient (Wildman–Crippen LogP) is 2.81. The second-order valence-electron chi connectivity index (χ2n) is 2.63. The number of rotatable bonds is 0. The first kappa shape index (κ1) is 6.85. The third-order valence-electron chi connectivity index (χ3n) is 1.69. The molecule has 2 rings (SSSR count). The second kappa shape index (κ2) is 2.08. The van der Waals surface area contributed by atoms with Crippen molar-refractivity contribution in [2.45, 2.75) is 20.8 Å². The van der Waals surface area contributed by atoms with Crippen LogP contribution in [0.2, 0.25) is 0 Å². The molecule has 2 heterocycles. The molecule has 3 heteroatoms. The molecule has 0 unspecified atom stereocenters. The molecule has 2 aromatic heterocycles. The molecule has 0 saturated heterocycles. The van der Waals surface area contributed by atoms with Crippen molar-refractivity contribution in [2.24, 2.45) is 0 Å². The Morgan fingerprint density at radius 3 is 2.55 bits per heavy atom. The van der Waals surface area contributed by atoms with E-state index in [0.29, 0.717) is 0 Å². The number of hydrogen-bond donors (Lipinski definition) is 0. The van der Waals surface area contributed by atoms with Gasteiger partial charge in [-0.05, 0) is 13.8 Å². The average Bonchev–Trinajstić information content (AvgIpc) is 2.38. The van der Waals surface area contributed by atoms with Gasteiger partial charge in [-0.3, -0.25) is 0 Å². The van der Waals surface area contributed by atoms with Gasteiger partial charge in [-0.1, -0.05) is 0 Å². The van der Waals surface area contributed by atoms with Gasteiger partial charge in [0.05, 0.1) is 0 Å². The van der Waals surface area contributed by atoms with Crippen LogP contribution in [0.5, 0.6) is 0 Å². The van der Waals surface area contributed by atoms with Crippen molar-refractivity contribution in [3.8, 4) is 0 Å². The number of aryl methyl sites for hydroxylation is 3. The fourth-order valence-electron chi connectivity index (χ4n) is 1.23. The third-order valence-corrected chi connectivity index (χ3v) is 2.68. The van der Waals surface area contributed by atoms with Crippen molar-refractivity contribution in [2.75, 3.05) is 0 Å². The van der Waals surface area contributed by atoms with Gasteiger partial charge >= 0.3 is 0 Å². The van der Waals surface area contributed by atoms with Crippen LogP contribution in [-0.2, 0) is 0 Å². The molecular formula is C8H9NOS. The van der Waals surface area contributed by atoms with Gasteiger partial charge in [0.2, 0.25) is 0 Å². The Kier molecular flexibility index (Phi) is 1.29. The first-order valence-corrected chi connectivity index (χ1v) is 4.33. The summed E-state index contributed by atoms with van der Waals surface area (Å²) in [6.07, 6.45) is 0. The molecule has 2 nitrogen and oxygen atoms in total. The van der Waals surface area contributed by atoms with E-state index in [1.54, 1.807) is 11.3 Å². The van der Waals surface area contributed by atoms with E-state index < -0.39 is 0 Å². The standard InChI is InChI=1S/C8H9NOS/c1-4-7-8(5(2)11-4)10-6(3)9-7/h1-3H3. The number of fused-ring (bicyclic) bond motifs is 1. The van der Waals surface area contributed by atoms with Crippen molar-refractivity contribution in [3.05, 3.63) is 15.6 Å². The monoisotopic (exact) mass is 167 g/mol. The molecule has 0 spiro atoms. The summed E-state index contributed by atoms with van der Waals surface area (Å²) in [6.45, 7) is 6.01. The molecule has 0 radical (unpaired) electrons. The Morgan fingerprint density at radius 2 is 1.91 bits per heavy atom. The molecule has 11 heavy (non-hydrogen) atoms. The van der Waals surface area contributed by atoms with Crippen LogP contribution in [-0.4, -0.2) is 4.98 Å². The summed E-state index contributed by atoms with van der Waals surface area (Å²) in [5.41, 5.74) is 2.00. The van der Waals surface area contributed by atoms with Gasteiger partial charge in [0.15, 0.2) is 11.5 Å². The minimum atomic E-state index is 0.758. The lowest BCUT2D eigenvalue weighted by Crippen LogP contribution is -1.67. The first-order chi connectivity index (χ1) is 5.18. The number of aromatic nitrogens is 1. The fourth-order valence-corrected chi connectivity index (χ4v) is 2.15. The lowest BCUT2D eigenvalue weighted by molar-refractivity contribution is 0.560. The quantitative estimate of drug-likeness (QED) is 0.603. The fraction of sp³-hybridized carbons (Fsp3) is 0.375. The van der Waals surface area contributed by atoms with Crippen LogP contribution in [0.4, 0.5) is 0 Å². The van der Waals surface area contributed by atoms with Crippen LogP contribution in [0.25, 0.3) is 11.1 Å². The molecule has 0 fully saturated rings. The normalized spacial score (nSPS) is 11.2. The summed E-state index contributed by atoms with van der Waals surface area (Å²) in [7, 11) is 0. The van der Waals surface area contributed by atoms with E-state index in [0.717, 1.165) is 17.0 Å². The molecule has 0 aliphatic rings. The first-order valence-electron chi connectivity index (χ1n) is 3.51. The molecule has 58 valence electrons. The van der Waals surface area contributed by atoms with E-state index in [-0.39, 0.29) is 0 Å². The maximum atomic E-state index is 5.42. The lowest BCUT2D eigenvalue weighted by atomic mass is 10.4. The zero-order chi connectivity index (χ0) is 8.01. The Morgan fingerprint density at radius 1 is 1.18 bits per heavy atom. The zero-order valence-electron chi connectivity index (χ0n) is 6.76. The van der Waals surface area contributed by atoms with Crippen LogP contribution in [0.15, 0.2) is 4.42 Å². The van der Waals surface area contributed by atoms with Gasteiger partial charge < -0.3 is 4.42 Å². The summed E-state index contributed by atoms with van der Waals surface area (Å²) >= 11 is 1.74. The molecule has 0 atom stereocenters. The van der Waals surface area contributed by atoms with Crippen LogP contribution in [0.1, 0.15) is 15.6 Å². The van der Waals surface area contributed by atoms with Crippen LogP contribution in [0, 0.1) is 20.8 Å². The van der Waals surface area contributed by atoms with Crippen LogP contribution < -0.4 is 0 Å². The molecular weight excluding hydrogens is 158 g/mol.